The van der Waals surface area contributed by atoms with Gasteiger partial charge in [0.1, 0.15) is 6.29 Å². The van der Waals surface area contributed by atoms with Gasteiger partial charge in [-0.3, -0.25) is 4.79 Å². The summed E-state index contributed by atoms with van der Waals surface area (Å²) in [6.07, 6.45) is 8.87. The summed E-state index contributed by atoms with van der Waals surface area (Å²) in [4.78, 5) is 10.0. The Morgan fingerprint density at radius 3 is 2.92 bits per heavy atom. The maximum atomic E-state index is 10.0. The van der Waals surface area contributed by atoms with Crippen LogP contribution < -0.4 is 0 Å². The van der Waals surface area contributed by atoms with Crippen LogP contribution in [0, 0.1) is 0 Å². The van der Waals surface area contributed by atoms with Crippen molar-refractivity contribution in [3.8, 4) is 0 Å². The fourth-order valence-corrected chi connectivity index (χ4v) is 2.32. The number of hydrogen-bond donors (Lipinski definition) is 0. The van der Waals surface area contributed by atoms with Gasteiger partial charge in [0.2, 0.25) is 0 Å². The van der Waals surface area contributed by atoms with Gasteiger partial charge in [-0.25, -0.2) is 0 Å². The van der Waals surface area contributed by atoms with Crippen molar-refractivity contribution in [2.45, 2.75) is 30.9 Å². The third kappa shape index (κ3) is 2.91. The van der Waals surface area contributed by atoms with E-state index in [0.29, 0.717) is 0 Å². The van der Waals surface area contributed by atoms with Gasteiger partial charge in [-0.2, -0.15) is 0 Å². The van der Waals surface area contributed by atoms with Gasteiger partial charge in [0.25, 0.3) is 0 Å². The van der Waals surface area contributed by atoms with Crippen molar-refractivity contribution >= 4 is 16.5 Å². The van der Waals surface area contributed by atoms with E-state index in [1.54, 1.807) is 6.08 Å². The predicted octanol–water partition coefficient (Wildman–Crippen LogP) is 0.394. The molecule has 1 fully saturated rings. The van der Waals surface area contributed by atoms with Crippen LogP contribution in [0.4, 0.5) is 0 Å². The first-order valence-corrected chi connectivity index (χ1v) is 5.51. The third-order valence-electron chi connectivity index (χ3n) is 2.31. The molecule has 1 unspecified atom stereocenters. The Morgan fingerprint density at radius 1 is 1.50 bits per heavy atom. The summed E-state index contributed by atoms with van der Waals surface area (Å²) in [6.45, 7) is 0.901. The van der Waals surface area contributed by atoms with Crippen molar-refractivity contribution in [3.63, 3.8) is 0 Å². The summed E-state index contributed by atoms with van der Waals surface area (Å²) in [7, 11) is 1.06. The van der Waals surface area contributed by atoms with Crippen LogP contribution in [0.2, 0.25) is 0 Å². The fraction of sp³-hybridized carbons (Fsp3) is 0.667. The minimum Gasteiger partial charge on any atom is -0.379 e. The molecule has 0 aromatic carbocycles. The van der Waals surface area contributed by atoms with Gasteiger partial charge in [-0.15, -0.1) is 0 Å². The van der Waals surface area contributed by atoms with Crippen LogP contribution in [-0.2, 0) is 9.53 Å². The van der Waals surface area contributed by atoms with E-state index in [0.717, 1.165) is 29.6 Å². The summed E-state index contributed by atoms with van der Waals surface area (Å²) >= 11 is 0. The molecule has 0 aliphatic carbocycles. The lowest BCUT2D eigenvalue weighted by atomic mass is 10.1. The number of aldehydes is 1. The quantitative estimate of drug-likeness (QED) is 0.360. The molecule has 0 bridgehead atoms. The van der Waals surface area contributed by atoms with Gasteiger partial charge in [0.15, 0.2) is 0 Å². The molecule has 1 saturated heterocycles. The third-order valence-corrected chi connectivity index (χ3v) is 3.51. The number of allylic oxidation sites excluding steroid dienone is 1. The molecule has 3 heteroatoms. The van der Waals surface area contributed by atoms with E-state index in [1.165, 1.54) is 19.3 Å². The van der Waals surface area contributed by atoms with Crippen LogP contribution >= 0.6 is 0 Å². The maximum Gasteiger partial charge on any atom is 0.142 e. The van der Waals surface area contributed by atoms with E-state index in [4.69, 9.17) is 4.74 Å². The van der Waals surface area contributed by atoms with Crippen LogP contribution in [0.25, 0.3) is 0 Å². The first-order valence-electron chi connectivity index (χ1n) is 4.51. The Kier molecular flexibility index (Phi) is 3.69. The van der Waals surface area contributed by atoms with Crippen molar-refractivity contribution in [3.05, 3.63) is 12.2 Å². The smallest absolute Gasteiger partial charge is 0.142 e. The van der Waals surface area contributed by atoms with Crippen LogP contribution in [0.1, 0.15) is 25.7 Å². The number of hydrogen-bond acceptors (Lipinski definition) is 2. The molecule has 0 aromatic rings. The normalized spacial score (nSPS) is 31.0. The highest BCUT2D eigenvalue weighted by atomic mass is 28.1. The minimum atomic E-state index is 0.123. The van der Waals surface area contributed by atoms with E-state index in [-0.39, 0.29) is 5.22 Å². The lowest BCUT2D eigenvalue weighted by Crippen LogP contribution is -2.36. The molecule has 0 N–H and O–H groups in total. The molecule has 0 spiro atoms. The van der Waals surface area contributed by atoms with Gasteiger partial charge < -0.3 is 4.74 Å². The maximum absolute atomic E-state index is 10.0. The molecule has 1 aliphatic rings. The van der Waals surface area contributed by atoms with Gasteiger partial charge in [-0.1, -0.05) is 6.08 Å². The van der Waals surface area contributed by atoms with Gasteiger partial charge in [0.05, 0.1) is 5.22 Å². The van der Waals surface area contributed by atoms with Crippen molar-refractivity contribution in [1.29, 1.82) is 0 Å². The molecule has 1 aliphatic heterocycles. The second-order valence-electron chi connectivity index (χ2n) is 3.52. The molecule has 0 saturated carbocycles. The molecule has 0 amide bonds. The molecule has 12 heavy (non-hydrogen) atoms. The second-order valence-corrected chi connectivity index (χ2v) is 5.35. The summed E-state index contributed by atoms with van der Waals surface area (Å²) in [5.74, 6) is 0. The van der Waals surface area contributed by atoms with E-state index in [1.807, 2.05) is 6.08 Å². The molecule has 0 aromatic heterocycles. The van der Waals surface area contributed by atoms with E-state index in [2.05, 4.69) is 0 Å². The Labute approximate surface area is 76.4 Å². The molecule has 68 valence electrons. The molecular weight excluding hydrogens is 168 g/mol. The second kappa shape index (κ2) is 4.57. The van der Waals surface area contributed by atoms with E-state index < -0.39 is 0 Å². The molecule has 0 radical (unpaired) electrons. The summed E-state index contributed by atoms with van der Waals surface area (Å²) in [5, 5.41) is 0.123. The SMILES string of the molecule is O=CC=CCC1([SiH3])CCCCO1. The molecule has 1 atom stereocenters. The summed E-state index contributed by atoms with van der Waals surface area (Å²) in [5.41, 5.74) is 0. The van der Waals surface area contributed by atoms with Crippen molar-refractivity contribution in [1.82, 2.24) is 0 Å². The number of rotatable bonds is 3. The number of carbonyl (C=O) groups excluding carboxylic acids is 1. The highest BCUT2D eigenvalue weighted by Gasteiger charge is 2.25. The Morgan fingerprint density at radius 2 is 2.33 bits per heavy atom. The van der Waals surface area contributed by atoms with Crippen molar-refractivity contribution < 1.29 is 9.53 Å². The van der Waals surface area contributed by atoms with E-state index in [9.17, 15) is 4.79 Å². The number of carbonyl (C=O) groups is 1. The highest BCUT2D eigenvalue weighted by molar-refractivity contribution is 6.14. The van der Waals surface area contributed by atoms with E-state index >= 15 is 0 Å². The van der Waals surface area contributed by atoms with Gasteiger partial charge >= 0.3 is 0 Å². The van der Waals surface area contributed by atoms with Crippen molar-refractivity contribution in [2.24, 2.45) is 0 Å². The zero-order valence-corrected chi connectivity index (χ0v) is 9.58. The topological polar surface area (TPSA) is 26.3 Å². The van der Waals surface area contributed by atoms with Gasteiger partial charge in [0, 0.05) is 16.8 Å². The van der Waals surface area contributed by atoms with Crippen LogP contribution in [0.15, 0.2) is 12.2 Å². The Hall–Kier alpha value is -0.413. The Bertz CT molecular complexity index is 171. The van der Waals surface area contributed by atoms with Gasteiger partial charge in [-0.05, 0) is 31.8 Å². The predicted molar refractivity (Wildman–Crippen MR) is 52.3 cm³/mol. The van der Waals surface area contributed by atoms with Crippen LogP contribution in [0.5, 0.6) is 0 Å². The highest BCUT2D eigenvalue weighted by Crippen LogP contribution is 2.25. The van der Waals surface area contributed by atoms with Crippen molar-refractivity contribution in [2.75, 3.05) is 6.61 Å². The zero-order chi connectivity index (χ0) is 8.86. The Balaban J connectivity index is 2.36. The van der Waals surface area contributed by atoms with Crippen LogP contribution in [-0.4, -0.2) is 28.4 Å². The number of ether oxygens (including phenoxy) is 1. The molecule has 1 heterocycles. The lowest BCUT2D eigenvalue weighted by Gasteiger charge is -2.33. The summed E-state index contributed by atoms with van der Waals surface area (Å²) in [6, 6.07) is 0. The zero-order valence-electron chi connectivity index (χ0n) is 7.58. The standard InChI is InChI=1S/C9H16O2Si/c10-7-3-1-5-9(12)6-2-4-8-11-9/h1,3,7H,2,4-6,8H2,12H3. The minimum absolute atomic E-state index is 0.123. The average Bonchev–Trinajstić information content (AvgIpc) is 2.06. The lowest BCUT2D eigenvalue weighted by molar-refractivity contribution is -0.104. The molecule has 2 nitrogen and oxygen atoms in total. The monoisotopic (exact) mass is 184 g/mol. The average molecular weight is 184 g/mol. The largest absolute Gasteiger partial charge is 0.379 e. The first-order chi connectivity index (χ1) is 5.77. The first kappa shape index (κ1) is 9.67. The fourth-order valence-electron chi connectivity index (χ4n) is 1.53. The summed E-state index contributed by atoms with van der Waals surface area (Å²) < 4.78 is 5.71. The van der Waals surface area contributed by atoms with Crippen LogP contribution in [0.3, 0.4) is 0 Å². The molecular formula is C9H16O2Si. The molecule has 1 rings (SSSR count).